The summed E-state index contributed by atoms with van der Waals surface area (Å²) in [6.07, 6.45) is 2.80. The Kier molecular flexibility index (Phi) is 2.39. The Bertz CT molecular complexity index is 399. The zero-order valence-electron chi connectivity index (χ0n) is 6.99. The van der Waals surface area contributed by atoms with E-state index in [1.165, 1.54) is 17.6 Å². The van der Waals surface area contributed by atoms with Crippen molar-refractivity contribution in [3.05, 3.63) is 23.1 Å². The van der Waals surface area contributed by atoms with Gasteiger partial charge in [-0.3, -0.25) is 0 Å². The molecule has 0 radical (unpaired) electrons. The first-order valence-corrected chi connectivity index (χ1v) is 6.14. The van der Waals surface area contributed by atoms with E-state index in [-0.39, 0.29) is 0 Å². The molecule has 1 rings (SSSR count). The van der Waals surface area contributed by atoms with Gasteiger partial charge in [0, 0.05) is 11.8 Å². The number of hydrogen-bond acceptors (Lipinski definition) is 3. The first-order chi connectivity index (χ1) is 5.46. The topological polar surface area (TPSA) is 34.1 Å². The zero-order valence-corrected chi connectivity index (χ0v) is 8.63. The Morgan fingerprint density at radius 1 is 1.58 bits per heavy atom. The minimum Gasteiger partial charge on any atom is -0.223 e. The lowest BCUT2D eigenvalue weighted by molar-refractivity contribution is 0.603. The van der Waals surface area contributed by atoms with Gasteiger partial charge in [0.05, 0.1) is 0 Å². The van der Waals surface area contributed by atoms with Crippen molar-refractivity contribution >= 4 is 27.3 Å². The van der Waals surface area contributed by atoms with Gasteiger partial charge in [0.1, 0.15) is 4.21 Å². The Balaban J connectivity index is 3.45. The van der Waals surface area contributed by atoms with E-state index in [1.807, 2.05) is 12.3 Å². The predicted octanol–water partition coefficient (Wildman–Crippen LogP) is 2.10. The highest BCUT2D eigenvalue weighted by atomic mass is 32.2. The largest absolute Gasteiger partial charge is 0.223 e. The van der Waals surface area contributed by atoms with Crippen LogP contribution in [0.2, 0.25) is 0 Å². The smallest absolute Gasteiger partial charge is 0.185 e. The third-order valence-electron chi connectivity index (χ3n) is 1.53. The maximum absolute atomic E-state index is 11.2. The van der Waals surface area contributed by atoms with Gasteiger partial charge in [-0.15, -0.1) is 11.3 Å². The number of thiophene rings is 1. The number of sulfone groups is 1. The summed E-state index contributed by atoms with van der Waals surface area (Å²) in [5, 5.41) is 1.83. The fraction of sp³-hybridized carbons (Fsp3) is 0.250. The van der Waals surface area contributed by atoms with Gasteiger partial charge in [0.25, 0.3) is 0 Å². The maximum atomic E-state index is 11.2. The van der Waals surface area contributed by atoms with Crippen LogP contribution in [0, 0.1) is 6.92 Å². The normalized spacial score (nSPS) is 11.5. The SMILES string of the molecule is C=Cc1c(C)csc1S(C)(=O)=O. The van der Waals surface area contributed by atoms with Crippen LogP contribution >= 0.6 is 11.3 Å². The first kappa shape index (κ1) is 9.48. The van der Waals surface area contributed by atoms with E-state index in [0.717, 1.165) is 11.1 Å². The second kappa shape index (κ2) is 3.03. The molecule has 12 heavy (non-hydrogen) atoms. The van der Waals surface area contributed by atoms with Crippen molar-refractivity contribution in [1.82, 2.24) is 0 Å². The van der Waals surface area contributed by atoms with Gasteiger partial charge in [0.2, 0.25) is 0 Å². The molecule has 0 N–H and O–H groups in total. The third-order valence-corrected chi connectivity index (χ3v) is 4.52. The number of rotatable bonds is 2. The zero-order chi connectivity index (χ0) is 9.35. The molecule has 66 valence electrons. The molecule has 0 aliphatic carbocycles. The van der Waals surface area contributed by atoms with Crippen molar-refractivity contribution in [3.8, 4) is 0 Å². The Labute approximate surface area is 76.5 Å². The molecular weight excluding hydrogens is 192 g/mol. The van der Waals surface area contributed by atoms with Crippen LogP contribution in [0.15, 0.2) is 16.2 Å². The fourth-order valence-electron chi connectivity index (χ4n) is 0.961. The van der Waals surface area contributed by atoms with Crippen molar-refractivity contribution in [1.29, 1.82) is 0 Å². The summed E-state index contributed by atoms with van der Waals surface area (Å²) in [7, 11) is -3.08. The quantitative estimate of drug-likeness (QED) is 0.736. The highest BCUT2D eigenvalue weighted by Crippen LogP contribution is 2.27. The molecule has 1 heterocycles. The van der Waals surface area contributed by atoms with Gasteiger partial charge >= 0.3 is 0 Å². The standard InChI is InChI=1S/C8H10O2S2/c1-4-7-6(2)5-11-8(7)12(3,9)10/h4-5H,1H2,2-3H3. The van der Waals surface area contributed by atoms with Crippen molar-refractivity contribution in [2.45, 2.75) is 11.1 Å². The van der Waals surface area contributed by atoms with Crippen molar-refractivity contribution in [3.63, 3.8) is 0 Å². The van der Waals surface area contributed by atoms with Gasteiger partial charge in [-0.1, -0.05) is 12.7 Å². The minimum absolute atomic E-state index is 0.412. The van der Waals surface area contributed by atoms with Crippen LogP contribution in [0.5, 0.6) is 0 Å². The molecule has 0 unspecified atom stereocenters. The summed E-state index contributed by atoms with van der Waals surface area (Å²) >= 11 is 1.25. The molecule has 0 bridgehead atoms. The summed E-state index contributed by atoms with van der Waals surface area (Å²) in [6.45, 7) is 5.46. The average molecular weight is 202 g/mol. The Hall–Kier alpha value is -0.610. The summed E-state index contributed by atoms with van der Waals surface area (Å²) in [5.74, 6) is 0. The molecule has 0 saturated heterocycles. The molecular formula is C8H10O2S2. The lowest BCUT2D eigenvalue weighted by atomic mass is 10.2. The predicted molar refractivity (Wildman–Crippen MR) is 52.3 cm³/mol. The molecule has 0 saturated carbocycles. The van der Waals surface area contributed by atoms with Crippen molar-refractivity contribution in [2.75, 3.05) is 6.26 Å². The molecule has 0 aliphatic rings. The van der Waals surface area contributed by atoms with Crippen LogP contribution in [-0.4, -0.2) is 14.7 Å². The van der Waals surface area contributed by atoms with E-state index < -0.39 is 9.84 Å². The lowest BCUT2D eigenvalue weighted by Crippen LogP contribution is -1.95. The van der Waals surface area contributed by atoms with Crippen LogP contribution < -0.4 is 0 Å². The summed E-state index contributed by atoms with van der Waals surface area (Å²) in [4.78, 5) is 0. The minimum atomic E-state index is -3.08. The second-order valence-corrected chi connectivity index (χ2v) is 5.69. The van der Waals surface area contributed by atoms with Crippen molar-refractivity contribution < 1.29 is 8.42 Å². The highest BCUT2D eigenvalue weighted by molar-refractivity contribution is 7.92. The van der Waals surface area contributed by atoms with Gasteiger partial charge < -0.3 is 0 Å². The summed E-state index contributed by atoms with van der Waals surface area (Å²) in [5.41, 5.74) is 1.71. The van der Waals surface area contributed by atoms with E-state index in [0.29, 0.717) is 4.21 Å². The molecule has 0 atom stereocenters. The van der Waals surface area contributed by atoms with E-state index >= 15 is 0 Å². The van der Waals surface area contributed by atoms with Crippen LogP contribution in [0.25, 0.3) is 6.08 Å². The molecule has 0 amide bonds. The summed E-state index contributed by atoms with van der Waals surface area (Å²) in [6, 6.07) is 0. The third kappa shape index (κ3) is 1.59. The molecule has 1 aromatic heterocycles. The van der Waals surface area contributed by atoms with Crippen molar-refractivity contribution in [2.24, 2.45) is 0 Å². The van der Waals surface area contributed by atoms with Crippen LogP contribution in [0.3, 0.4) is 0 Å². The molecule has 0 aromatic carbocycles. The second-order valence-electron chi connectivity index (χ2n) is 2.60. The monoisotopic (exact) mass is 202 g/mol. The van der Waals surface area contributed by atoms with E-state index in [4.69, 9.17) is 0 Å². The molecule has 2 nitrogen and oxygen atoms in total. The van der Waals surface area contributed by atoms with Gasteiger partial charge in [-0.25, -0.2) is 8.42 Å². The molecule has 4 heteroatoms. The van der Waals surface area contributed by atoms with Crippen LogP contribution in [-0.2, 0) is 9.84 Å². The van der Waals surface area contributed by atoms with E-state index in [9.17, 15) is 8.42 Å². The average Bonchev–Trinajstić information content (AvgIpc) is 2.29. The fourth-order valence-corrected chi connectivity index (χ4v) is 3.23. The van der Waals surface area contributed by atoms with Crippen LogP contribution in [0.4, 0.5) is 0 Å². The first-order valence-electron chi connectivity index (χ1n) is 3.37. The molecule has 0 fully saturated rings. The van der Waals surface area contributed by atoms with Gasteiger partial charge in [-0.2, -0.15) is 0 Å². The Morgan fingerprint density at radius 2 is 2.17 bits per heavy atom. The van der Waals surface area contributed by atoms with Gasteiger partial charge in [0.15, 0.2) is 9.84 Å². The molecule has 0 spiro atoms. The lowest BCUT2D eigenvalue weighted by Gasteiger charge is -1.95. The maximum Gasteiger partial charge on any atom is 0.185 e. The number of aryl methyl sites for hydroxylation is 1. The van der Waals surface area contributed by atoms with E-state index in [1.54, 1.807) is 6.08 Å². The Morgan fingerprint density at radius 3 is 2.50 bits per heavy atom. The highest BCUT2D eigenvalue weighted by Gasteiger charge is 2.14. The van der Waals surface area contributed by atoms with E-state index in [2.05, 4.69) is 6.58 Å². The summed E-state index contributed by atoms with van der Waals surface area (Å²) < 4.78 is 22.8. The van der Waals surface area contributed by atoms with Gasteiger partial charge in [-0.05, 0) is 17.9 Å². The van der Waals surface area contributed by atoms with Crippen LogP contribution in [0.1, 0.15) is 11.1 Å². The molecule has 1 aromatic rings. The number of hydrogen-bond donors (Lipinski definition) is 0. The molecule has 0 aliphatic heterocycles.